The molecule has 1 unspecified atom stereocenters. The van der Waals surface area contributed by atoms with Crippen molar-refractivity contribution in [2.45, 2.75) is 18.3 Å². The Morgan fingerprint density at radius 1 is 1.17 bits per heavy atom. The monoisotopic (exact) mass is 438 g/mol. The van der Waals surface area contributed by atoms with Crippen molar-refractivity contribution in [1.29, 1.82) is 0 Å². The lowest BCUT2D eigenvalue weighted by molar-refractivity contribution is -0.132. The molecule has 0 saturated carbocycles. The van der Waals surface area contributed by atoms with Gasteiger partial charge >= 0.3 is 0 Å². The minimum atomic E-state index is -0.625. The molecule has 1 aliphatic heterocycles. The van der Waals surface area contributed by atoms with Gasteiger partial charge in [-0.05, 0) is 36.2 Å². The number of amides is 1. The number of halogens is 3. The normalized spacial score (nSPS) is 16.4. The summed E-state index contributed by atoms with van der Waals surface area (Å²) in [5, 5.41) is -0.191. The summed E-state index contributed by atoms with van der Waals surface area (Å²) >= 11 is 1.62. The fraction of sp³-hybridized carbons (Fsp3) is 0.409. The van der Waals surface area contributed by atoms with E-state index in [0.717, 1.165) is 11.3 Å². The summed E-state index contributed by atoms with van der Waals surface area (Å²) in [5.74, 6) is -0.918. The van der Waals surface area contributed by atoms with Crippen molar-refractivity contribution in [1.82, 2.24) is 9.80 Å². The maximum absolute atomic E-state index is 14.1. The van der Waals surface area contributed by atoms with Crippen molar-refractivity contribution in [3.8, 4) is 0 Å². The highest BCUT2D eigenvalue weighted by Gasteiger charge is 2.31. The smallest absolute Gasteiger partial charge is 0.237 e. The second-order valence-electron chi connectivity index (χ2n) is 7.12. The van der Waals surface area contributed by atoms with E-state index in [2.05, 4.69) is 0 Å². The number of thioether (sulfide) groups is 1. The molecule has 0 radical (unpaired) electrons. The molecule has 1 amide bonds. The maximum atomic E-state index is 14.1. The van der Waals surface area contributed by atoms with Crippen LogP contribution < -0.4 is 0 Å². The molecule has 30 heavy (non-hydrogen) atoms. The molecule has 8 heteroatoms. The first-order valence-electron chi connectivity index (χ1n) is 9.80. The van der Waals surface area contributed by atoms with E-state index in [9.17, 15) is 18.0 Å². The van der Waals surface area contributed by atoms with Gasteiger partial charge in [0.25, 0.3) is 0 Å². The first-order chi connectivity index (χ1) is 14.5. The van der Waals surface area contributed by atoms with Crippen LogP contribution in [0, 0.1) is 17.5 Å². The molecule has 1 fully saturated rings. The van der Waals surface area contributed by atoms with E-state index in [1.807, 2.05) is 0 Å². The van der Waals surface area contributed by atoms with E-state index in [-0.39, 0.29) is 35.8 Å². The van der Waals surface area contributed by atoms with Gasteiger partial charge in [-0.25, -0.2) is 13.2 Å². The molecule has 1 heterocycles. The predicted octanol–water partition coefficient (Wildman–Crippen LogP) is 4.22. The Kier molecular flexibility index (Phi) is 8.18. The number of hydrogen-bond acceptors (Lipinski definition) is 4. The van der Waals surface area contributed by atoms with Gasteiger partial charge in [0.05, 0.1) is 6.54 Å². The van der Waals surface area contributed by atoms with Gasteiger partial charge in [0.1, 0.15) is 22.8 Å². The minimum Gasteiger partial charge on any atom is -0.385 e. The first-order valence-corrected chi connectivity index (χ1v) is 10.8. The lowest BCUT2D eigenvalue weighted by atomic mass is 10.1. The van der Waals surface area contributed by atoms with E-state index in [1.165, 1.54) is 30.3 Å². The molecule has 1 aliphatic rings. The van der Waals surface area contributed by atoms with Gasteiger partial charge in [0, 0.05) is 44.7 Å². The number of hydrogen-bond donors (Lipinski definition) is 0. The molecule has 0 N–H and O–H groups in total. The zero-order chi connectivity index (χ0) is 21.5. The third kappa shape index (κ3) is 5.77. The second-order valence-corrected chi connectivity index (χ2v) is 8.31. The SMILES string of the molecule is COCCCN(CC(=O)N1CCSC1c1ccc(F)cc1)Cc1c(F)cccc1F. The van der Waals surface area contributed by atoms with Crippen molar-refractivity contribution in [2.75, 3.05) is 39.1 Å². The summed E-state index contributed by atoms with van der Waals surface area (Å²) in [6.07, 6.45) is 0.635. The van der Waals surface area contributed by atoms with Crippen LogP contribution in [-0.4, -0.2) is 54.8 Å². The summed E-state index contributed by atoms with van der Waals surface area (Å²) < 4.78 is 46.6. The van der Waals surface area contributed by atoms with Crippen LogP contribution in [-0.2, 0) is 16.1 Å². The van der Waals surface area contributed by atoms with Gasteiger partial charge in [0.15, 0.2) is 0 Å². The average Bonchev–Trinajstić information content (AvgIpc) is 3.21. The Bertz CT molecular complexity index is 831. The lowest BCUT2D eigenvalue weighted by Gasteiger charge is -2.28. The minimum absolute atomic E-state index is 0.00381. The Balaban J connectivity index is 1.72. The number of rotatable bonds is 9. The summed E-state index contributed by atoms with van der Waals surface area (Å²) in [6, 6.07) is 9.89. The van der Waals surface area contributed by atoms with Gasteiger partial charge < -0.3 is 9.64 Å². The highest BCUT2D eigenvalue weighted by molar-refractivity contribution is 7.99. The molecule has 4 nitrogen and oxygen atoms in total. The van der Waals surface area contributed by atoms with Crippen LogP contribution in [0.3, 0.4) is 0 Å². The van der Waals surface area contributed by atoms with Gasteiger partial charge in [-0.2, -0.15) is 0 Å². The lowest BCUT2D eigenvalue weighted by Crippen LogP contribution is -2.40. The van der Waals surface area contributed by atoms with Crippen LogP contribution in [0.4, 0.5) is 13.2 Å². The summed E-state index contributed by atoms with van der Waals surface area (Å²) in [6.45, 7) is 1.56. The molecular formula is C22H25F3N2O2S. The van der Waals surface area contributed by atoms with Crippen molar-refractivity contribution >= 4 is 17.7 Å². The van der Waals surface area contributed by atoms with Crippen LogP contribution in [0.15, 0.2) is 42.5 Å². The average molecular weight is 439 g/mol. The number of ether oxygens (including phenoxy) is 1. The zero-order valence-corrected chi connectivity index (χ0v) is 17.6. The third-order valence-corrected chi connectivity index (χ3v) is 6.25. The highest BCUT2D eigenvalue weighted by Crippen LogP contribution is 2.38. The molecule has 1 saturated heterocycles. The zero-order valence-electron chi connectivity index (χ0n) is 16.8. The van der Waals surface area contributed by atoms with Crippen LogP contribution in [0.1, 0.15) is 22.9 Å². The van der Waals surface area contributed by atoms with Crippen LogP contribution in [0.25, 0.3) is 0 Å². The Morgan fingerprint density at radius 2 is 1.87 bits per heavy atom. The van der Waals surface area contributed by atoms with Gasteiger partial charge in [-0.3, -0.25) is 9.69 Å². The molecule has 2 aromatic rings. The molecule has 0 aliphatic carbocycles. The van der Waals surface area contributed by atoms with Crippen molar-refractivity contribution in [3.63, 3.8) is 0 Å². The van der Waals surface area contributed by atoms with E-state index in [4.69, 9.17) is 4.74 Å². The summed E-state index contributed by atoms with van der Waals surface area (Å²) in [7, 11) is 1.58. The molecule has 162 valence electrons. The highest BCUT2D eigenvalue weighted by atomic mass is 32.2. The Morgan fingerprint density at radius 3 is 2.53 bits per heavy atom. The Hall–Kier alpha value is -2.03. The fourth-order valence-corrected chi connectivity index (χ4v) is 4.74. The molecule has 0 spiro atoms. The van der Waals surface area contributed by atoms with E-state index >= 15 is 0 Å². The number of carbonyl (C=O) groups is 1. The van der Waals surface area contributed by atoms with E-state index < -0.39 is 11.6 Å². The largest absolute Gasteiger partial charge is 0.385 e. The number of methoxy groups -OCH3 is 1. The van der Waals surface area contributed by atoms with Gasteiger partial charge in [-0.1, -0.05) is 18.2 Å². The Labute approximate surface area is 179 Å². The van der Waals surface area contributed by atoms with E-state index in [0.29, 0.717) is 26.1 Å². The number of carbonyl (C=O) groups excluding carboxylic acids is 1. The van der Waals surface area contributed by atoms with Crippen molar-refractivity contribution in [2.24, 2.45) is 0 Å². The van der Waals surface area contributed by atoms with Crippen LogP contribution in [0.2, 0.25) is 0 Å². The molecule has 2 aromatic carbocycles. The van der Waals surface area contributed by atoms with Crippen LogP contribution in [0.5, 0.6) is 0 Å². The molecule has 3 rings (SSSR count). The molecule has 0 bridgehead atoms. The van der Waals surface area contributed by atoms with Gasteiger partial charge in [-0.15, -0.1) is 11.8 Å². The third-order valence-electron chi connectivity index (χ3n) is 4.99. The number of nitrogens with zero attached hydrogens (tertiary/aromatic N) is 2. The first kappa shape index (κ1) is 22.7. The fourth-order valence-electron chi connectivity index (χ4n) is 3.46. The standard InChI is InChI=1S/C22H25F3N2O2S/c1-29-12-3-10-26(14-18-19(24)4-2-5-20(18)25)15-21(28)27-11-13-30-22(27)16-6-8-17(23)9-7-16/h2,4-9,22H,3,10-15H2,1H3. The molecule has 0 aromatic heterocycles. The predicted molar refractivity (Wildman–Crippen MR) is 111 cm³/mol. The molecular weight excluding hydrogens is 413 g/mol. The number of benzene rings is 2. The van der Waals surface area contributed by atoms with Crippen molar-refractivity contribution in [3.05, 3.63) is 71.0 Å². The summed E-state index contributed by atoms with van der Waals surface area (Å²) in [4.78, 5) is 16.6. The quantitative estimate of drug-likeness (QED) is 0.549. The van der Waals surface area contributed by atoms with Crippen LogP contribution >= 0.6 is 11.8 Å². The topological polar surface area (TPSA) is 32.8 Å². The van der Waals surface area contributed by atoms with Gasteiger partial charge in [0.2, 0.25) is 5.91 Å². The van der Waals surface area contributed by atoms with E-state index in [1.54, 1.807) is 40.8 Å². The molecule has 1 atom stereocenters. The van der Waals surface area contributed by atoms with Crippen molar-refractivity contribution < 1.29 is 22.7 Å². The summed E-state index contributed by atoms with van der Waals surface area (Å²) in [5.41, 5.74) is 0.812. The maximum Gasteiger partial charge on any atom is 0.237 e. The second kappa shape index (κ2) is 10.8.